The molecule has 0 aromatic heterocycles. The van der Waals surface area contributed by atoms with E-state index in [1.54, 1.807) is 18.2 Å². The fraction of sp³-hybridized carbons (Fsp3) is 0.300. The Morgan fingerprint density at radius 1 is 1.00 bits per heavy atom. The van der Waals surface area contributed by atoms with E-state index in [4.69, 9.17) is 14.2 Å². The summed E-state index contributed by atoms with van der Waals surface area (Å²) in [6.07, 6.45) is 0. The molecule has 0 atom stereocenters. The van der Waals surface area contributed by atoms with Gasteiger partial charge in [-0.15, -0.1) is 0 Å². The molecule has 0 radical (unpaired) electrons. The van der Waals surface area contributed by atoms with Gasteiger partial charge in [0.2, 0.25) is 0 Å². The van der Waals surface area contributed by atoms with Gasteiger partial charge in [0, 0.05) is 5.69 Å². The molecule has 138 valence electrons. The molecule has 0 fully saturated rings. The average molecular weight is 357 g/mol. The van der Waals surface area contributed by atoms with Crippen LogP contribution in [0, 0.1) is 13.8 Å². The van der Waals surface area contributed by atoms with Gasteiger partial charge in [-0.05, 0) is 62.2 Å². The van der Waals surface area contributed by atoms with Crippen LogP contribution in [-0.2, 0) is 9.53 Å². The van der Waals surface area contributed by atoms with Gasteiger partial charge in [-0.3, -0.25) is 4.79 Å². The minimum Gasteiger partial charge on any atom is -0.493 e. The summed E-state index contributed by atoms with van der Waals surface area (Å²) >= 11 is 0. The van der Waals surface area contributed by atoms with Crippen LogP contribution in [0.3, 0.4) is 0 Å². The second kappa shape index (κ2) is 8.89. The van der Waals surface area contributed by atoms with Gasteiger partial charge in [0.1, 0.15) is 0 Å². The molecule has 0 unspecified atom stereocenters. The van der Waals surface area contributed by atoms with E-state index in [9.17, 15) is 9.59 Å². The van der Waals surface area contributed by atoms with E-state index in [-0.39, 0.29) is 12.2 Å². The Labute approximate surface area is 153 Å². The fourth-order valence-corrected chi connectivity index (χ4v) is 2.30. The highest BCUT2D eigenvalue weighted by Gasteiger charge is 2.14. The van der Waals surface area contributed by atoms with Crippen LogP contribution in [0.5, 0.6) is 11.5 Å². The first-order chi connectivity index (χ1) is 12.4. The van der Waals surface area contributed by atoms with Crippen molar-refractivity contribution in [3.8, 4) is 11.5 Å². The summed E-state index contributed by atoms with van der Waals surface area (Å²) in [5.74, 6) is -0.0381. The molecule has 6 nitrogen and oxygen atoms in total. The van der Waals surface area contributed by atoms with Crippen molar-refractivity contribution in [2.45, 2.75) is 20.8 Å². The summed E-state index contributed by atoms with van der Waals surface area (Å²) in [5, 5.41) is 2.71. The van der Waals surface area contributed by atoms with Crippen molar-refractivity contribution in [3.05, 3.63) is 53.1 Å². The number of ether oxygens (including phenoxy) is 3. The number of aryl methyl sites for hydroxylation is 2. The van der Waals surface area contributed by atoms with Gasteiger partial charge in [-0.1, -0.05) is 6.07 Å². The number of carbonyl (C=O) groups is 2. The molecule has 0 spiro atoms. The van der Waals surface area contributed by atoms with Crippen molar-refractivity contribution in [1.29, 1.82) is 0 Å². The number of nitrogens with one attached hydrogen (secondary N) is 1. The van der Waals surface area contributed by atoms with Crippen molar-refractivity contribution in [2.24, 2.45) is 0 Å². The molecular formula is C20H23NO5. The SMILES string of the molecule is CCOc1cc(C(=O)OCC(=O)Nc2ccc(C)c(C)c2)ccc1OC. The highest BCUT2D eigenvalue weighted by atomic mass is 16.5. The molecule has 0 heterocycles. The smallest absolute Gasteiger partial charge is 0.338 e. The lowest BCUT2D eigenvalue weighted by molar-refractivity contribution is -0.119. The maximum Gasteiger partial charge on any atom is 0.338 e. The van der Waals surface area contributed by atoms with Gasteiger partial charge in [-0.2, -0.15) is 0 Å². The van der Waals surface area contributed by atoms with Crippen LogP contribution in [0.2, 0.25) is 0 Å². The average Bonchev–Trinajstić information content (AvgIpc) is 2.63. The van der Waals surface area contributed by atoms with Crippen molar-refractivity contribution >= 4 is 17.6 Å². The normalized spacial score (nSPS) is 10.2. The lowest BCUT2D eigenvalue weighted by Gasteiger charge is -2.11. The molecule has 6 heteroatoms. The van der Waals surface area contributed by atoms with Gasteiger partial charge >= 0.3 is 5.97 Å². The molecule has 0 saturated heterocycles. The summed E-state index contributed by atoms with van der Waals surface area (Å²) in [5.41, 5.74) is 3.16. The van der Waals surface area contributed by atoms with Gasteiger partial charge < -0.3 is 19.5 Å². The molecule has 1 N–H and O–H groups in total. The minimum absolute atomic E-state index is 0.285. The van der Waals surface area contributed by atoms with Crippen LogP contribution in [0.4, 0.5) is 5.69 Å². The van der Waals surface area contributed by atoms with E-state index in [2.05, 4.69) is 5.32 Å². The molecule has 26 heavy (non-hydrogen) atoms. The maximum absolute atomic E-state index is 12.2. The first kappa shape index (κ1) is 19.3. The van der Waals surface area contributed by atoms with Gasteiger partial charge in [0.15, 0.2) is 18.1 Å². The lowest BCUT2D eigenvalue weighted by Crippen LogP contribution is -2.21. The first-order valence-corrected chi connectivity index (χ1v) is 8.29. The molecule has 0 saturated carbocycles. The Balaban J connectivity index is 1.96. The quantitative estimate of drug-likeness (QED) is 0.768. The summed E-state index contributed by atoms with van der Waals surface area (Å²) in [6, 6.07) is 10.3. The van der Waals surface area contributed by atoms with E-state index in [0.29, 0.717) is 23.8 Å². The Hall–Kier alpha value is -3.02. The Morgan fingerprint density at radius 2 is 1.77 bits per heavy atom. The largest absolute Gasteiger partial charge is 0.493 e. The summed E-state index contributed by atoms with van der Waals surface area (Å²) < 4.78 is 15.7. The molecule has 0 aliphatic carbocycles. The Morgan fingerprint density at radius 3 is 2.42 bits per heavy atom. The van der Waals surface area contributed by atoms with Gasteiger partial charge in [-0.25, -0.2) is 4.79 Å². The molecule has 0 bridgehead atoms. The number of carbonyl (C=O) groups excluding carboxylic acids is 2. The standard InChI is InChI=1S/C20H23NO5/c1-5-25-18-11-15(7-9-17(18)24-4)20(23)26-12-19(22)21-16-8-6-13(2)14(3)10-16/h6-11H,5,12H2,1-4H3,(H,21,22). The predicted molar refractivity (Wildman–Crippen MR) is 99.0 cm³/mol. The number of benzene rings is 2. The van der Waals surface area contributed by atoms with Crippen LogP contribution >= 0.6 is 0 Å². The van der Waals surface area contributed by atoms with Gasteiger partial charge in [0.25, 0.3) is 5.91 Å². The third-order valence-corrected chi connectivity index (χ3v) is 3.82. The van der Waals surface area contributed by atoms with E-state index in [1.807, 2.05) is 32.9 Å². The number of rotatable bonds is 7. The third-order valence-electron chi connectivity index (χ3n) is 3.82. The minimum atomic E-state index is -0.608. The number of esters is 1. The zero-order valence-corrected chi connectivity index (χ0v) is 15.4. The van der Waals surface area contributed by atoms with Crippen LogP contribution < -0.4 is 14.8 Å². The molecule has 2 rings (SSSR count). The van der Waals surface area contributed by atoms with Crippen LogP contribution in [0.25, 0.3) is 0 Å². The Kier molecular flexibility index (Phi) is 6.60. The van der Waals surface area contributed by atoms with Crippen molar-refractivity contribution in [1.82, 2.24) is 0 Å². The third kappa shape index (κ3) is 4.99. The summed E-state index contributed by atoms with van der Waals surface area (Å²) in [4.78, 5) is 24.1. The highest BCUT2D eigenvalue weighted by Crippen LogP contribution is 2.28. The Bertz CT molecular complexity index is 801. The summed E-state index contributed by atoms with van der Waals surface area (Å²) in [6.45, 7) is 5.86. The maximum atomic E-state index is 12.2. The fourth-order valence-electron chi connectivity index (χ4n) is 2.30. The first-order valence-electron chi connectivity index (χ1n) is 8.29. The van der Waals surface area contributed by atoms with Crippen molar-refractivity contribution in [2.75, 3.05) is 25.6 Å². The second-order valence-electron chi connectivity index (χ2n) is 5.72. The molecule has 2 aromatic carbocycles. The number of amides is 1. The topological polar surface area (TPSA) is 73.9 Å². The molecule has 2 aromatic rings. The lowest BCUT2D eigenvalue weighted by atomic mass is 10.1. The van der Waals surface area contributed by atoms with E-state index in [1.165, 1.54) is 13.2 Å². The van der Waals surface area contributed by atoms with E-state index >= 15 is 0 Å². The van der Waals surface area contributed by atoms with Crippen LogP contribution in [-0.4, -0.2) is 32.2 Å². The second-order valence-corrected chi connectivity index (χ2v) is 5.72. The van der Waals surface area contributed by atoms with E-state index < -0.39 is 11.9 Å². The number of methoxy groups -OCH3 is 1. The highest BCUT2D eigenvalue weighted by molar-refractivity contribution is 5.95. The van der Waals surface area contributed by atoms with Crippen molar-refractivity contribution < 1.29 is 23.8 Å². The van der Waals surface area contributed by atoms with Crippen LogP contribution in [0.15, 0.2) is 36.4 Å². The van der Waals surface area contributed by atoms with E-state index in [0.717, 1.165) is 11.1 Å². The number of anilines is 1. The number of hydrogen-bond donors (Lipinski definition) is 1. The molecule has 0 aliphatic rings. The monoisotopic (exact) mass is 357 g/mol. The zero-order valence-electron chi connectivity index (χ0n) is 15.4. The van der Waals surface area contributed by atoms with Gasteiger partial charge in [0.05, 0.1) is 19.3 Å². The molecule has 1 amide bonds. The number of hydrogen-bond acceptors (Lipinski definition) is 5. The zero-order chi connectivity index (χ0) is 19.1. The predicted octanol–water partition coefficient (Wildman–Crippen LogP) is 3.51. The van der Waals surface area contributed by atoms with Crippen LogP contribution in [0.1, 0.15) is 28.4 Å². The molecular weight excluding hydrogens is 334 g/mol. The molecule has 0 aliphatic heterocycles. The van der Waals surface area contributed by atoms with Crippen molar-refractivity contribution in [3.63, 3.8) is 0 Å². The summed E-state index contributed by atoms with van der Waals surface area (Å²) in [7, 11) is 1.52.